The molecule has 2 aromatic rings. The molecule has 2 fully saturated rings. The lowest BCUT2D eigenvalue weighted by atomic mass is 10.1. The molecule has 2 aliphatic heterocycles. The second-order valence-corrected chi connectivity index (χ2v) is 10.8. The Balaban J connectivity index is 1.50. The third-order valence-electron chi connectivity index (χ3n) is 6.55. The van der Waals surface area contributed by atoms with Gasteiger partial charge in [-0.1, -0.05) is 37.3 Å². The van der Waals surface area contributed by atoms with Crippen molar-refractivity contribution in [1.82, 2.24) is 14.1 Å². The summed E-state index contributed by atoms with van der Waals surface area (Å²) in [7, 11) is -4.03. The van der Waals surface area contributed by atoms with Crippen LogP contribution in [-0.2, 0) is 14.8 Å². The van der Waals surface area contributed by atoms with Gasteiger partial charge in [-0.15, -0.1) is 0 Å². The predicted octanol–water partition coefficient (Wildman–Crippen LogP) is 2.86. The molecule has 8 nitrogen and oxygen atoms in total. The van der Waals surface area contributed by atoms with Crippen LogP contribution < -0.4 is 4.90 Å². The summed E-state index contributed by atoms with van der Waals surface area (Å²) >= 11 is 0. The highest BCUT2D eigenvalue weighted by molar-refractivity contribution is 7.89. The third-order valence-corrected chi connectivity index (χ3v) is 8.30. The molecule has 0 aliphatic carbocycles. The van der Waals surface area contributed by atoms with E-state index in [1.54, 1.807) is 23.1 Å². The third kappa shape index (κ3) is 4.49. The standard InChI is InChI=1S/C25H32N4O4S/c1-4-12-28-23(18-29(25(28)31)34(32,33)21-8-6-5-7-9-21)24(30)27-15-13-26(14-16-27)22-17-19(2)10-11-20(22)3/h5-11,17,23H,4,12-16,18H2,1-3H3/t23-/m0/s1. The zero-order valence-corrected chi connectivity index (χ0v) is 20.8. The van der Waals surface area contributed by atoms with Gasteiger partial charge < -0.3 is 14.7 Å². The number of hydrogen-bond donors (Lipinski definition) is 0. The summed E-state index contributed by atoms with van der Waals surface area (Å²) in [5.41, 5.74) is 3.57. The van der Waals surface area contributed by atoms with E-state index >= 15 is 0 Å². The molecule has 2 heterocycles. The number of benzene rings is 2. The number of rotatable bonds is 6. The second kappa shape index (κ2) is 9.66. The summed E-state index contributed by atoms with van der Waals surface area (Å²) < 4.78 is 27.1. The number of sulfonamides is 1. The zero-order valence-electron chi connectivity index (χ0n) is 20.0. The largest absolute Gasteiger partial charge is 0.368 e. The van der Waals surface area contributed by atoms with Gasteiger partial charge in [-0.2, -0.15) is 0 Å². The summed E-state index contributed by atoms with van der Waals surface area (Å²) in [4.78, 5) is 32.1. The zero-order chi connectivity index (χ0) is 24.5. The molecule has 2 saturated heterocycles. The minimum atomic E-state index is -4.03. The molecule has 0 spiro atoms. The van der Waals surface area contributed by atoms with Crippen LogP contribution in [0.4, 0.5) is 10.5 Å². The van der Waals surface area contributed by atoms with E-state index in [9.17, 15) is 18.0 Å². The first-order chi connectivity index (χ1) is 16.2. The minimum Gasteiger partial charge on any atom is -0.368 e. The quantitative estimate of drug-likeness (QED) is 0.630. The molecule has 4 rings (SSSR count). The van der Waals surface area contributed by atoms with Gasteiger partial charge in [0.05, 0.1) is 11.4 Å². The fraction of sp³-hybridized carbons (Fsp3) is 0.440. The fourth-order valence-corrected chi connectivity index (χ4v) is 6.08. The number of piperazine rings is 1. The van der Waals surface area contributed by atoms with Crippen LogP contribution in [0.25, 0.3) is 0 Å². The van der Waals surface area contributed by atoms with Crippen LogP contribution in [0, 0.1) is 13.8 Å². The molecule has 3 amide bonds. The van der Waals surface area contributed by atoms with Crippen LogP contribution in [-0.4, -0.2) is 79.8 Å². The van der Waals surface area contributed by atoms with Crippen LogP contribution in [0.3, 0.4) is 0 Å². The smallest absolute Gasteiger partial charge is 0.334 e. The highest BCUT2D eigenvalue weighted by Crippen LogP contribution is 2.27. The summed E-state index contributed by atoms with van der Waals surface area (Å²) in [6.45, 7) is 8.67. The van der Waals surface area contributed by atoms with Crippen LogP contribution >= 0.6 is 0 Å². The lowest BCUT2D eigenvalue weighted by molar-refractivity contribution is -0.135. The summed E-state index contributed by atoms with van der Waals surface area (Å²) in [6.07, 6.45) is 0.634. The highest BCUT2D eigenvalue weighted by Gasteiger charge is 2.47. The molecule has 9 heteroatoms. The van der Waals surface area contributed by atoms with Gasteiger partial charge in [0.2, 0.25) is 5.91 Å². The van der Waals surface area contributed by atoms with Gasteiger partial charge in [0, 0.05) is 38.4 Å². The van der Waals surface area contributed by atoms with E-state index in [0.29, 0.717) is 39.1 Å². The molecule has 0 saturated carbocycles. The molecule has 0 bridgehead atoms. The van der Waals surface area contributed by atoms with Crippen LogP contribution in [0.15, 0.2) is 53.4 Å². The van der Waals surface area contributed by atoms with Crippen molar-refractivity contribution in [1.29, 1.82) is 0 Å². The second-order valence-electron chi connectivity index (χ2n) is 8.94. The fourth-order valence-electron chi connectivity index (χ4n) is 4.67. The topological polar surface area (TPSA) is 81.2 Å². The SMILES string of the molecule is CCCN1C(=O)N(S(=O)(=O)c2ccccc2)C[C@H]1C(=O)N1CCN(c2cc(C)ccc2C)CC1. The van der Waals surface area contributed by atoms with Crippen molar-refractivity contribution in [3.8, 4) is 0 Å². The number of amides is 3. The van der Waals surface area contributed by atoms with Crippen molar-refractivity contribution in [2.45, 2.75) is 38.1 Å². The van der Waals surface area contributed by atoms with E-state index in [4.69, 9.17) is 0 Å². The summed E-state index contributed by atoms with van der Waals surface area (Å²) in [6, 6.07) is 12.8. The van der Waals surface area contributed by atoms with Gasteiger partial charge in [0.1, 0.15) is 6.04 Å². The lowest BCUT2D eigenvalue weighted by Gasteiger charge is -2.38. The number of nitrogens with zero attached hydrogens (tertiary/aromatic N) is 4. The van der Waals surface area contributed by atoms with Crippen molar-refractivity contribution < 1.29 is 18.0 Å². The Hall–Kier alpha value is -3.07. The molecule has 0 radical (unpaired) electrons. The van der Waals surface area contributed by atoms with Gasteiger partial charge in [-0.3, -0.25) is 4.79 Å². The average molecular weight is 485 g/mol. The van der Waals surface area contributed by atoms with Crippen LogP contribution in [0.1, 0.15) is 24.5 Å². The highest BCUT2D eigenvalue weighted by atomic mass is 32.2. The van der Waals surface area contributed by atoms with E-state index in [0.717, 1.165) is 4.31 Å². The Bertz CT molecular complexity index is 1160. The van der Waals surface area contributed by atoms with E-state index in [-0.39, 0.29) is 17.3 Å². The van der Waals surface area contributed by atoms with E-state index in [1.807, 2.05) is 6.92 Å². The Morgan fingerprint density at radius 3 is 2.32 bits per heavy atom. The molecular formula is C25H32N4O4S. The number of aryl methyl sites for hydroxylation is 2. The van der Waals surface area contributed by atoms with Crippen molar-refractivity contribution in [3.63, 3.8) is 0 Å². The Labute approximate surface area is 201 Å². The molecule has 0 unspecified atom stereocenters. The number of carbonyl (C=O) groups is 2. The number of carbonyl (C=O) groups excluding carboxylic acids is 2. The average Bonchev–Trinajstić information content (AvgIpc) is 3.18. The first-order valence-electron chi connectivity index (χ1n) is 11.7. The van der Waals surface area contributed by atoms with Crippen molar-refractivity contribution in [3.05, 3.63) is 59.7 Å². The van der Waals surface area contributed by atoms with Crippen LogP contribution in [0.5, 0.6) is 0 Å². The van der Waals surface area contributed by atoms with Crippen LogP contribution in [0.2, 0.25) is 0 Å². The number of urea groups is 1. The maximum absolute atomic E-state index is 13.5. The molecule has 2 aromatic carbocycles. The van der Waals surface area contributed by atoms with Gasteiger partial charge in [0.15, 0.2) is 0 Å². The Kier molecular flexibility index (Phi) is 6.84. The van der Waals surface area contributed by atoms with Gasteiger partial charge >= 0.3 is 6.03 Å². The van der Waals surface area contributed by atoms with Crippen molar-refractivity contribution in [2.75, 3.05) is 44.2 Å². The molecule has 182 valence electrons. The molecular weight excluding hydrogens is 452 g/mol. The van der Waals surface area contributed by atoms with Gasteiger partial charge in [-0.05, 0) is 49.6 Å². The Morgan fingerprint density at radius 1 is 1.00 bits per heavy atom. The number of hydrogen-bond acceptors (Lipinski definition) is 5. The van der Waals surface area contributed by atoms with E-state index in [2.05, 4.69) is 36.9 Å². The normalized spacial score (nSPS) is 19.1. The van der Waals surface area contributed by atoms with Gasteiger partial charge in [-0.25, -0.2) is 17.5 Å². The molecule has 2 aliphatic rings. The predicted molar refractivity (Wildman–Crippen MR) is 131 cm³/mol. The first kappa shape index (κ1) is 24.1. The first-order valence-corrected chi connectivity index (χ1v) is 13.2. The van der Waals surface area contributed by atoms with Crippen molar-refractivity contribution >= 4 is 27.6 Å². The monoisotopic (exact) mass is 484 g/mol. The van der Waals surface area contributed by atoms with Gasteiger partial charge in [0.25, 0.3) is 10.0 Å². The number of anilines is 1. The Morgan fingerprint density at radius 2 is 1.68 bits per heavy atom. The molecule has 0 aromatic heterocycles. The lowest BCUT2D eigenvalue weighted by Crippen LogP contribution is -2.54. The van der Waals surface area contributed by atoms with Crippen molar-refractivity contribution in [2.24, 2.45) is 0 Å². The minimum absolute atomic E-state index is 0.0510. The van der Waals surface area contributed by atoms with E-state index in [1.165, 1.54) is 33.8 Å². The molecule has 0 N–H and O–H groups in total. The van der Waals surface area contributed by atoms with E-state index < -0.39 is 22.1 Å². The summed E-state index contributed by atoms with van der Waals surface area (Å²) in [5, 5.41) is 0. The maximum atomic E-state index is 13.5. The maximum Gasteiger partial charge on any atom is 0.334 e. The molecule has 34 heavy (non-hydrogen) atoms. The molecule has 1 atom stereocenters. The summed E-state index contributed by atoms with van der Waals surface area (Å²) in [5.74, 6) is -0.187.